The Kier molecular flexibility index (Phi) is 8.07. The second-order valence-corrected chi connectivity index (χ2v) is 10.0. The lowest BCUT2D eigenvalue weighted by atomic mass is 9.99. The van der Waals surface area contributed by atoms with E-state index in [-0.39, 0.29) is 17.9 Å². The molecule has 1 atom stereocenters. The molecule has 3 heterocycles. The number of amides is 1. The first kappa shape index (κ1) is 26.6. The van der Waals surface area contributed by atoms with Crippen molar-refractivity contribution in [3.63, 3.8) is 0 Å². The molecule has 1 aromatic heterocycles. The third-order valence-electron chi connectivity index (χ3n) is 7.19. The Morgan fingerprint density at radius 2 is 1.82 bits per heavy atom. The summed E-state index contributed by atoms with van der Waals surface area (Å²) in [6.45, 7) is 1.99. The number of methoxy groups -OCH3 is 1. The summed E-state index contributed by atoms with van der Waals surface area (Å²) >= 11 is 0. The van der Waals surface area contributed by atoms with Crippen molar-refractivity contribution < 1.29 is 23.7 Å². The van der Waals surface area contributed by atoms with E-state index >= 15 is 0 Å². The van der Waals surface area contributed by atoms with Crippen LogP contribution < -0.4 is 29.3 Å². The van der Waals surface area contributed by atoms with Gasteiger partial charge in [-0.25, -0.2) is 4.98 Å². The molecule has 39 heavy (non-hydrogen) atoms. The van der Waals surface area contributed by atoms with Crippen molar-refractivity contribution in [2.45, 2.75) is 18.9 Å². The van der Waals surface area contributed by atoms with Crippen molar-refractivity contribution in [2.24, 2.45) is 5.92 Å². The molecular weight excluding hydrogens is 496 g/mol. The van der Waals surface area contributed by atoms with Crippen molar-refractivity contribution in [3.05, 3.63) is 54.6 Å². The number of hydrogen-bond acceptors (Lipinski definition) is 8. The average Bonchev–Trinajstić information content (AvgIpc) is 2.99. The number of benzene rings is 2. The molecule has 206 valence electrons. The van der Waals surface area contributed by atoms with Gasteiger partial charge in [0.2, 0.25) is 11.8 Å². The Morgan fingerprint density at radius 1 is 1.05 bits per heavy atom. The standard InChI is InChI=1S/C30H36N4O5/c1-33(2)21-7-5-8-22(17-21)34(3)26-12-11-25(32-30(26)36-4)24-9-6-10-27-28(24)39-23(19-38-27)18-31-29(35)20-13-15-37-16-14-20/h5-12,17,20,23H,13-16,18-19H2,1-4H3,(H,31,35). The fourth-order valence-corrected chi connectivity index (χ4v) is 4.86. The first-order valence-corrected chi connectivity index (χ1v) is 13.3. The van der Waals surface area contributed by atoms with Crippen LogP contribution in [0.5, 0.6) is 17.4 Å². The number of nitrogens with zero attached hydrogens (tertiary/aromatic N) is 3. The van der Waals surface area contributed by atoms with Gasteiger partial charge in [-0.2, -0.15) is 0 Å². The Morgan fingerprint density at radius 3 is 2.59 bits per heavy atom. The van der Waals surface area contributed by atoms with Gasteiger partial charge in [0.15, 0.2) is 11.5 Å². The molecule has 0 aliphatic carbocycles. The van der Waals surface area contributed by atoms with Crippen LogP contribution in [-0.4, -0.2) is 71.6 Å². The summed E-state index contributed by atoms with van der Waals surface area (Å²) in [4.78, 5) is 21.6. The van der Waals surface area contributed by atoms with Crippen LogP contribution in [0.2, 0.25) is 0 Å². The van der Waals surface area contributed by atoms with Crippen LogP contribution in [0.25, 0.3) is 11.3 Å². The molecule has 5 rings (SSSR count). The van der Waals surface area contributed by atoms with E-state index in [1.54, 1.807) is 7.11 Å². The van der Waals surface area contributed by atoms with Gasteiger partial charge in [-0.1, -0.05) is 12.1 Å². The van der Waals surface area contributed by atoms with Crippen LogP contribution in [0.4, 0.5) is 17.1 Å². The van der Waals surface area contributed by atoms with Crippen LogP contribution in [0.1, 0.15) is 12.8 Å². The van der Waals surface area contributed by atoms with Crippen molar-refractivity contribution >= 4 is 23.0 Å². The largest absolute Gasteiger partial charge is 0.486 e. The molecule has 1 saturated heterocycles. The SMILES string of the molecule is COc1nc(-c2cccc3c2OC(CNC(=O)C2CCOCC2)CO3)ccc1N(C)c1cccc(N(C)C)c1. The number of anilines is 3. The molecule has 2 aliphatic heterocycles. The molecule has 9 heteroatoms. The van der Waals surface area contributed by atoms with Gasteiger partial charge in [-0.05, 0) is 55.3 Å². The minimum absolute atomic E-state index is 0.00947. The van der Waals surface area contributed by atoms with Crippen molar-refractivity contribution in [2.75, 3.05) is 64.4 Å². The summed E-state index contributed by atoms with van der Waals surface area (Å²) in [5.41, 5.74) is 4.48. The molecule has 0 bridgehead atoms. The number of pyridine rings is 1. The number of carbonyl (C=O) groups excluding carboxylic acids is 1. The van der Waals surface area contributed by atoms with E-state index in [1.165, 1.54) is 0 Å². The van der Waals surface area contributed by atoms with Gasteiger partial charge < -0.3 is 34.1 Å². The summed E-state index contributed by atoms with van der Waals surface area (Å²) in [6.07, 6.45) is 1.19. The number of carbonyl (C=O) groups is 1. The third-order valence-corrected chi connectivity index (χ3v) is 7.19. The highest BCUT2D eigenvalue weighted by atomic mass is 16.6. The van der Waals surface area contributed by atoms with Gasteiger partial charge in [0.1, 0.15) is 18.4 Å². The zero-order valence-electron chi connectivity index (χ0n) is 23.0. The number of ether oxygens (including phenoxy) is 4. The summed E-state index contributed by atoms with van der Waals surface area (Å²) < 4.78 is 23.5. The number of para-hydroxylation sites is 1. The summed E-state index contributed by atoms with van der Waals surface area (Å²) in [7, 11) is 7.66. The zero-order valence-corrected chi connectivity index (χ0v) is 23.0. The maximum Gasteiger partial charge on any atom is 0.238 e. The summed E-state index contributed by atoms with van der Waals surface area (Å²) in [5, 5.41) is 3.03. The molecule has 0 saturated carbocycles. The van der Waals surface area contributed by atoms with E-state index in [1.807, 2.05) is 57.5 Å². The molecule has 1 fully saturated rings. The van der Waals surface area contributed by atoms with Crippen LogP contribution >= 0.6 is 0 Å². The average molecular weight is 533 g/mol. The maximum absolute atomic E-state index is 12.6. The molecule has 1 N–H and O–H groups in total. The molecule has 2 aliphatic rings. The first-order chi connectivity index (χ1) is 18.9. The number of hydrogen-bond donors (Lipinski definition) is 1. The first-order valence-electron chi connectivity index (χ1n) is 13.3. The number of nitrogens with one attached hydrogen (secondary N) is 1. The molecule has 0 radical (unpaired) electrons. The zero-order chi connectivity index (χ0) is 27.4. The smallest absolute Gasteiger partial charge is 0.238 e. The molecular formula is C30H36N4O5. The van der Waals surface area contributed by atoms with E-state index in [0.717, 1.165) is 35.5 Å². The molecule has 1 unspecified atom stereocenters. The number of aromatic nitrogens is 1. The van der Waals surface area contributed by atoms with Gasteiger partial charge in [0.25, 0.3) is 0 Å². The monoisotopic (exact) mass is 532 g/mol. The predicted molar refractivity (Wildman–Crippen MR) is 152 cm³/mol. The normalized spacial score (nSPS) is 16.9. The van der Waals surface area contributed by atoms with E-state index in [4.69, 9.17) is 23.9 Å². The van der Waals surface area contributed by atoms with Gasteiger partial charge in [0.05, 0.1) is 19.3 Å². The lowest BCUT2D eigenvalue weighted by molar-refractivity contribution is -0.128. The van der Waals surface area contributed by atoms with Crippen LogP contribution in [-0.2, 0) is 9.53 Å². The lowest BCUT2D eigenvalue weighted by Crippen LogP contribution is -2.43. The molecule has 2 aromatic carbocycles. The van der Waals surface area contributed by atoms with Gasteiger partial charge in [-0.3, -0.25) is 4.79 Å². The van der Waals surface area contributed by atoms with Crippen molar-refractivity contribution in [1.29, 1.82) is 0 Å². The Hall–Kier alpha value is -3.98. The van der Waals surface area contributed by atoms with E-state index in [9.17, 15) is 4.79 Å². The highest BCUT2D eigenvalue weighted by Crippen LogP contribution is 2.42. The fourth-order valence-electron chi connectivity index (χ4n) is 4.86. The van der Waals surface area contributed by atoms with Crippen LogP contribution in [0.3, 0.4) is 0 Å². The molecule has 1 amide bonds. The Labute approximate surface area is 229 Å². The van der Waals surface area contributed by atoms with Crippen molar-refractivity contribution in [3.8, 4) is 28.6 Å². The second kappa shape index (κ2) is 11.8. The van der Waals surface area contributed by atoms with Crippen LogP contribution in [0.15, 0.2) is 54.6 Å². The van der Waals surface area contributed by atoms with Gasteiger partial charge in [0, 0.05) is 57.2 Å². The van der Waals surface area contributed by atoms with E-state index < -0.39 is 0 Å². The number of fused-ring (bicyclic) bond motifs is 1. The number of rotatable bonds is 8. The van der Waals surface area contributed by atoms with Crippen molar-refractivity contribution in [1.82, 2.24) is 10.3 Å². The third kappa shape index (κ3) is 5.88. The van der Waals surface area contributed by atoms with E-state index in [2.05, 4.69) is 33.3 Å². The van der Waals surface area contributed by atoms with Crippen LogP contribution in [0, 0.1) is 5.92 Å². The maximum atomic E-state index is 12.6. The molecule has 0 spiro atoms. The van der Waals surface area contributed by atoms with Gasteiger partial charge in [-0.15, -0.1) is 0 Å². The Balaban J connectivity index is 1.35. The molecule has 3 aromatic rings. The quantitative estimate of drug-likeness (QED) is 0.460. The highest BCUT2D eigenvalue weighted by Gasteiger charge is 2.27. The minimum Gasteiger partial charge on any atom is -0.486 e. The van der Waals surface area contributed by atoms with E-state index in [0.29, 0.717) is 49.4 Å². The Bertz CT molecular complexity index is 1310. The predicted octanol–water partition coefficient (Wildman–Crippen LogP) is 4.27. The van der Waals surface area contributed by atoms with Gasteiger partial charge >= 0.3 is 0 Å². The topological polar surface area (TPSA) is 85.4 Å². The second-order valence-electron chi connectivity index (χ2n) is 10.0. The fraction of sp³-hybridized carbons (Fsp3) is 0.400. The lowest BCUT2D eigenvalue weighted by Gasteiger charge is -2.29. The summed E-state index contributed by atoms with van der Waals surface area (Å²) in [6, 6.07) is 18.0. The highest BCUT2D eigenvalue weighted by molar-refractivity contribution is 5.79. The summed E-state index contributed by atoms with van der Waals surface area (Å²) in [5.74, 6) is 1.80. The minimum atomic E-state index is -0.307. The molecule has 9 nitrogen and oxygen atoms in total.